The fraction of sp³-hybridized carbons (Fsp3) is 0.172. The molecule has 5 rings (SSSR count). The van der Waals surface area contributed by atoms with Gasteiger partial charge in [0.1, 0.15) is 11.4 Å². The van der Waals surface area contributed by atoms with Crippen molar-refractivity contribution in [1.82, 2.24) is 14.5 Å². The number of nitrogens with zero attached hydrogens (tertiary/aromatic N) is 2. The van der Waals surface area contributed by atoms with Gasteiger partial charge >= 0.3 is 0 Å². The van der Waals surface area contributed by atoms with Crippen LogP contribution in [-0.2, 0) is 10.0 Å². The molecule has 37 heavy (non-hydrogen) atoms. The summed E-state index contributed by atoms with van der Waals surface area (Å²) in [5, 5.41) is 0. The second kappa shape index (κ2) is 10.5. The van der Waals surface area contributed by atoms with Crippen LogP contribution in [0.2, 0.25) is 0 Å². The van der Waals surface area contributed by atoms with Crippen molar-refractivity contribution in [3.05, 3.63) is 119 Å². The Morgan fingerprint density at radius 2 is 1.30 bits per heavy atom. The van der Waals surface area contributed by atoms with E-state index < -0.39 is 15.8 Å². The van der Waals surface area contributed by atoms with Crippen LogP contribution in [0.3, 0.4) is 0 Å². The average Bonchev–Trinajstić information content (AvgIpc) is 2.93. The maximum Gasteiger partial charge on any atom is 0.262 e. The third-order valence-electron chi connectivity index (χ3n) is 6.55. The van der Waals surface area contributed by atoms with Gasteiger partial charge < -0.3 is 4.90 Å². The lowest BCUT2D eigenvalue weighted by molar-refractivity contribution is 0.0907. The highest BCUT2D eigenvalue weighted by atomic mass is 32.2. The molecule has 0 unspecified atom stereocenters. The number of hydrogen-bond acceptors (Lipinski definition) is 6. The van der Waals surface area contributed by atoms with Crippen molar-refractivity contribution in [3.8, 4) is 0 Å². The Bertz CT molecular complexity index is 1470. The van der Waals surface area contributed by atoms with Gasteiger partial charge in [0.05, 0.1) is 4.90 Å². The van der Waals surface area contributed by atoms with Crippen LogP contribution in [0, 0.1) is 0 Å². The molecule has 0 aromatic heterocycles. The second-order valence-corrected chi connectivity index (χ2v) is 10.6. The minimum atomic E-state index is -4.07. The molecule has 0 atom stereocenters. The second-order valence-electron chi connectivity index (χ2n) is 8.95. The first-order valence-corrected chi connectivity index (χ1v) is 13.6. The van der Waals surface area contributed by atoms with Gasteiger partial charge in [0, 0.05) is 43.9 Å². The number of hydrogen-bond donors (Lipinski definition) is 1. The lowest BCUT2D eigenvalue weighted by atomic mass is 9.90. The molecule has 7 nitrogen and oxygen atoms in total. The van der Waals surface area contributed by atoms with E-state index in [0.29, 0.717) is 31.7 Å². The summed E-state index contributed by atoms with van der Waals surface area (Å²) in [6.45, 7) is 3.08. The average molecular weight is 514 g/mol. The molecule has 3 aromatic carbocycles. The van der Waals surface area contributed by atoms with Gasteiger partial charge in [-0.25, -0.2) is 8.42 Å². The highest BCUT2D eigenvalue weighted by Gasteiger charge is 2.38. The number of rotatable bonds is 7. The van der Waals surface area contributed by atoms with Crippen LogP contribution in [0.4, 0.5) is 0 Å². The van der Waals surface area contributed by atoms with Gasteiger partial charge in [-0.1, -0.05) is 84.9 Å². The lowest BCUT2D eigenvalue weighted by Crippen LogP contribution is -2.49. The first-order valence-electron chi connectivity index (χ1n) is 12.1. The van der Waals surface area contributed by atoms with Gasteiger partial charge in [-0.05, 0) is 17.7 Å². The topological polar surface area (TPSA) is 86.8 Å². The summed E-state index contributed by atoms with van der Waals surface area (Å²) < 4.78 is 28.7. The van der Waals surface area contributed by atoms with Crippen LogP contribution in [0.25, 0.3) is 6.08 Å². The maximum absolute atomic E-state index is 13.6. The Morgan fingerprint density at radius 1 is 0.730 bits per heavy atom. The number of carbonyl (C=O) groups is 2. The highest BCUT2D eigenvalue weighted by Crippen LogP contribution is 2.29. The van der Waals surface area contributed by atoms with Crippen LogP contribution in [-0.4, -0.2) is 62.5 Å². The van der Waals surface area contributed by atoms with Crippen molar-refractivity contribution in [2.75, 3.05) is 32.7 Å². The number of benzene rings is 3. The smallest absolute Gasteiger partial charge is 0.262 e. The summed E-state index contributed by atoms with van der Waals surface area (Å²) in [5.41, 5.74) is 1.55. The molecule has 0 spiro atoms. The molecule has 2 aliphatic rings. The first kappa shape index (κ1) is 24.7. The molecule has 0 radical (unpaired) electrons. The standard InChI is InChI=1S/C29H27N3O4S/c33-28-24-15-7-8-16-25(24)29(34)27(26(28)30-37(35,36)23-13-5-2-6-14-23)32-20-18-31(19-21-32)17-9-12-22-10-3-1-4-11-22/h1-16,30H,17-21H2/b12-9+. The number of Topliss-reactive ketones (excluding diaryl/α,β-unsaturated/α-hetero) is 2. The minimum Gasteiger partial charge on any atom is -0.364 e. The fourth-order valence-corrected chi connectivity index (χ4v) is 5.70. The quantitative estimate of drug-likeness (QED) is 0.520. The zero-order valence-electron chi connectivity index (χ0n) is 20.2. The first-order chi connectivity index (χ1) is 17.9. The van der Waals surface area contributed by atoms with Crippen LogP contribution < -0.4 is 4.72 Å². The van der Waals surface area contributed by atoms with E-state index in [1.165, 1.54) is 12.1 Å². The third kappa shape index (κ3) is 5.26. The predicted octanol–water partition coefficient (Wildman–Crippen LogP) is 3.59. The molecule has 0 amide bonds. The Balaban J connectivity index is 1.39. The summed E-state index contributed by atoms with van der Waals surface area (Å²) in [6.07, 6.45) is 4.18. The van der Waals surface area contributed by atoms with Gasteiger partial charge in [-0.3, -0.25) is 19.2 Å². The Labute approximate surface area is 216 Å². The molecule has 3 aromatic rings. The Morgan fingerprint density at radius 3 is 1.95 bits per heavy atom. The zero-order chi connectivity index (χ0) is 25.8. The molecule has 1 heterocycles. The van der Waals surface area contributed by atoms with Gasteiger partial charge in [-0.2, -0.15) is 0 Å². The van der Waals surface area contributed by atoms with Crippen molar-refractivity contribution in [2.45, 2.75) is 4.90 Å². The van der Waals surface area contributed by atoms with Crippen molar-refractivity contribution in [3.63, 3.8) is 0 Å². The van der Waals surface area contributed by atoms with E-state index in [2.05, 4.69) is 21.8 Å². The largest absolute Gasteiger partial charge is 0.364 e. The molecule has 188 valence electrons. The van der Waals surface area contributed by atoms with Gasteiger partial charge in [-0.15, -0.1) is 0 Å². The van der Waals surface area contributed by atoms with Crippen LogP contribution in [0.5, 0.6) is 0 Å². The molecule has 0 saturated carbocycles. The molecule has 1 saturated heterocycles. The van der Waals surface area contributed by atoms with E-state index in [-0.39, 0.29) is 27.6 Å². The van der Waals surface area contributed by atoms with Crippen molar-refractivity contribution >= 4 is 27.7 Å². The zero-order valence-corrected chi connectivity index (χ0v) is 21.0. The predicted molar refractivity (Wildman–Crippen MR) is 142 cm³/mol. The van der Waals surface area contributed by atoms with E-state index in [4.69, 9.17) is 0 Å². The molecular formula is C29H27N3O4S. The summed E-state index contributed by atoms with van der Waals surface area (Å²) in [5.74, 6) is -0.851. The summed E-state index contributed by atoms with van der Waals surface area (Å²) in [4.78, 5) is 31.2. The number of sulfonamides is 1. The van der Waals surface area contributed by atoms with Crippen LogP contribution in [0.15, 0.2) is 107 Å². The van der Waals surface area contributed by atoms with Gasteiger partial charge in [0.15, 0.2) is 0 Å². The van der Waals surface area contributed by atoms with E-state index in [0.717, 1.165) is 12.1 Å². The molecule has 1 aliphatic carbocycles. The highest BCUT2D eigenvalue weighted by molar-refractivity contribution is 7.89. The summed E-state index contributed by atoms with van der Waals surface area (Å²) in [6, 6.07) is 24.4. The minimum absolute atomic E-state index is 0.0241. The van der Waals surface area contributed by atoms with Crippen LogP contribution >= 0.6 is 0 Å². The molecular weight excluding hydrogens is 486 g/mol. The van der Waals surface area contributed by atoms with Crippen molar-refractivity contribution in [2.24, 2.45) is 0 Å². The van der Waals surface area contributed by atoms with Crippen molar-refractivity contribution in [1.29, 1.82) is 0 Å². The number of allylic oxidation sites excluding steroid dienone is 2. The number of carbonyl (C=O) groups excluding carboxylic acids is 2. The number of fused-ring (bicyclic) bond motifs is 1. The van der Waals surface area contributed by atoms with Crippen molar-refractivity contribution < 1.29 is 18.0 Å². The third-order valence-corrected chi connectivity index (χ3v) is 7.91. The van der Waals surface area contributed by atoms with Crippen LogP contribution in [0.1, 0.15) is 26.3 Å². The Hall–Kier alpha value is -4.01. The van der Waals surface area contributed by atoms with E-state index in [1.54, 1.807) is 42.5 Å². The van der Waals surface area contributed by atoms with Gasteiger partial charge in [0.25, 0.3) is 10.0 Å². The fourth-order valence-electron chi connectivity index (χ4n) is 4.61. The van der Waals surface area contributed by atoms with E-state index in [9.17, 15) is 18.0 Å². The normalized spacial score (nSPS) is 16.8. The maximum atomic E-state index is 13.6. The van der Waals surface area contributed by atoms with E-state index in [1.807, 2.05) is 35.2 Å². The Kier molecular flexibility index (Phi) is 7.03. The monoisotopic (exact) mass is 513 g/mol. The number of nitrogens with one attached hydrogen (secondary N) is 1. The summed E-state index contributed by atoms with van der Waals surface area (Å²) >= 11 is 0. The molecule has 0 bridgehead atoms. The van der Waals surface area contributed by atoms with Gasteiger partial charge in [0.2, 0.25) is 11.6 Å². The molecule has 1 fully saturated rings. The van der Waals surface area contributed by atoms with E-state index >= 15 is 0 Å². The lowest BCUT2D eigenvalue weighted by Gasteiger charge is -2.38. The number of ketones is 2. The SMILES string of the molecule is O=C1C(NS(=O)(=O)c2ccccc2)=C(N2CCN(C/C=C/c3ccccc3)CC2)C(=O)c2ccccc21. The number of piperazine rings is 1. The molecule has 1 aliphatic heterocycles. The molecule has 1 N–H and O–H groups in total. The molecule has 8 heteroatoms. The summed E-state index contributed by atoms with van der Waals surface area (Å²) in [7, 11) is -4.07.